The molecule has 0 aliphatic heterocycles. The minimum absolute atomic E-state index is 0.127. The van der Waals surface area contributed by atoms with Crippen LogP contribution in [0, 0.1) is 0 Å². The Kier molecular flexibility index (Phi) is 15.6. The molecule has 2 aromatic carbocycles. The topological polar surface area (TPSA) is 83.7 Å². The van der Waals surface area contributed by atoms with E-state index in [0.29, 0.717) is 12.2 Å². The number of ether oxygens (including phenoxy) is 3. The fourth-order valence-corrected chi connectivity index (χ4v) is 4.80. The lowest BCUT2D eigenvalue weighted by molar-refractivity contribution is 0.0714. The van der Waals surface area contributed by atoms with E-state index in [-0.39, 0.29) is 18.0 Å². The van der Waals surface area contributed by atoms with Crippen LogP contribution >= 0.6 is 0 Å². The maximum absolute atomic E-state index is 12.6. The average molecular weight is 579 g/mol. The summed E-state index contributed by atoms with van der Waals surface area (Å²) in [7, 11) is 0. The first kappa shape index (κ1) is 33.2. The van der Waals surface area contributed by atoms with Crippen molar-refractivity contribution >= 4 is 5.97 Å². The Balaban J connectivity index is 1.35. The Bertz CT molecular complexity index is 1130. The van der Waals surface area contributed by atoms with Gasteiger partial charge >= 0.3 is 12.0 Å². The quantitative estimate of drug-likeness (QED) is 0.0866. The zero-order chi connectivity index (χ0) is 29.8. The van der Waals surface area contributed by atoms with Crippen LogP contribution in [-0.4, -0.2) is 28.8 Å². The lowest BCUT2D eigenvalue weighted by Gasteiger charge is -2.14. The molecule has 0 N–H and O–H groups in total. The number of esters is 1. The van der Waals surface area contributed by atoms with E-state index in [1.54, 1.807) is 24.3 Å². The molecule has 0 saturated heterocycles. The molecule has 1 heterocycles. The van der Waals surface area contributed by atoms with Gasteiger partial charge < -0.3 is 18.7 Å². The van der Waals surface area contributed by atoms with Gasteiger partial charge in [-0.3, -0.25) is 0 Å². The van der Waals surface area contributed by atoms with Crippen LogP contribution in [0.1, 0.15) is 127 Å². The van der Waals surface area contributed by atoms with Crippen LogP contribution in [0.15, 0.2) is 53.1 Å². The van der Waals surface area contributed by atoms with Crippen LogP contribution in [0.5, 0.6) is 17.5 Å². The number of carbonyl (C=O) groups excluding carboxylic acids is 1. The van der Waals surface area contributed by atoms with Crippen molar-refractivity contribution < 1.29 is 23.5 Å². The molecule has 3 aromatic rings. The largest absolute Gasteiger partial charge is 0.494 e. The summed E-state index contributed by atoms with van der Waals surface area (Å²) in [5, 5.41) is 3.80. The van der Waals surface area contributed by atoms with Crippen molar-refractivity contribution in [3.8, 4) is 29.0 Å². The van der Waals surface area contributed by atoms with Gasteiger partial charge in [0, 0.05) is 5.56 Å². The normalized spacial score (nSPS) is 11.8. The molecule has 0 radical (unpaired) electrons. The summed E-state index contributed by atoms with van der Waals surface area (Å²) in [6, 6.07) is 14.3. The number of benzene rings is 2. The molecule has 1 aromatic heterocycles. The Morgan fingerprint density at radius 3 is 1.95 bits per heavy atom. The summed E-state index contributed by atoms with van der Waals surface area (Å²) in [5.74, 6) is 1.25. The molecule has 0 saturated carbocycles. The molecule has 0 amide bonds. The fraction of sp³-hybridized carbons (Fsp3) is 0.571. The number of aromatic nitrogens is 2. The van der Waals surface area contributed by atoms with Crippen LogP contribution in [0.2, 0.25) is 0 Å². The Hall–Kier alpha value is -3.35. The van der Waals surface area contributed by atoms with Gasteiger partial charge in [0.1, 0.15) is 11.5 Å². The molecular formula is C35H50N2O5. The molecule has 7 heteroatoms. The monoisotopic (exact) mass is 578 g/mol. The van der Waals surface area contributed by atoms with Crippen molar-refractivity contribution in [2.75, 3.05) is 6.61 Å². The van der Waals surface area contributed by atoms with E-state index in [0.717, 1.165) is 36.3 Å². The lowest BCUT2D eigenvalue weighted by Crippen LogP contribution is -2.12. The molecule has 7 nitrogen and oxygen atoms in total. The van der Waals surface area contributed by atoms with Crippen molar-refractivity contribution in [1.29, 1.82) is 0 Å². The van der Waals surface area contributed by atoms with Crippen LogP contribution < -0.4 is 14.2 Å². The zero-order valence-electron chi connectivity index (χ0n) is 25.9. The second-order valence-electron chi connectivity index (χ2n) is 11.1. The number of unbranched alkanes of at least 4 members (excludes halogenated alkanes) is 12. The van der Waals surface area contributed by atoms with Crippen LogP contribution in [0.25, 0.3) is 11.5 Å². The summed E-state index contributed by atoms with van der Waals surface area (Å²) in [4.78, 5) is 16.8. The number of nitrogens with zero attached hydrogens (tertiary/aromatic N) is 2. The van der Waals surface area contributed by atoms with E-state index in [1.165, 1.54) is 77.0 Å². The highest BCUT2D eigenvalue weighted by Gasteiger charge is 2.16. The SMILES string of the molecule is CCCCCCCCCCCCOc1ccc(-c2nc(OC(=O)c3ccc(O[C@@H](C)CCCCCC)cc3)no2)cc1. The summed E-state index contributed by atoms with van der Waals surface area (Å²) in [5.41, 5.74) is 1.11. The van der Waals surface area contributed by atoms with Crippen molar-refractivity contribution in [3.63, 3.8) is 0 Å². The first-order valence-electron chi connectivity index (χ1n) is 16.1. The van der Waals surface area contributed by atoms with E-state index in [2.05, 4.69) is 30.9 Å². The van der Waals surface area contributed by atoms with Gasteiger partial charge in [-0.05, 0) is 79.9 Å². The predicted molar refractivity (Wildman–Crippen MR) is 167 cm³/mol. The zero-order valence-corrected chi connectivity index (χ0v) is 25.9. The molecular weight excluding hydrogens is 528 g/mol. The van der Waals surface area contributed by atoms with E-state index >= 15 is 0 Å². The van der Waals surface area contributed by atoms with Gasteiger partial charge in [0.05, 0.1) is 18.3 Å². The molecule has 3 rings (SSSR count). The van der Waals surface area contributed by atoms with Gasteiger partial charge in [0.15, 0.2) is 0 Å². The van der Waals surface area contributed by atoms with Crippen molar-refractivity contribution in [2.24, 2.45) is 0 Å². The molecule has 0 unspecified atom stereocenters. The van der Waals surface area contributed by atoms with Crippen LogP contribution in [0.3, 0.4) is 0 Å². The molecule has 0 fully saturated rings. The smallest absolute Gasteiger partial charge is 0.362 e. The third-order valence-corrected chi connectivity index (χ3v) is 7.35. The van der Waals surface area contributed by atoms with Gasteiger partial charge in [0.2, 0.25) is 0 Å². The number of hydrogen-bond donors (Lipinski definition) is 0. The Labute approximate surface area is 252 Å². The number of carbonyl (C=O) groups is 1. The third kappa shape index (κ3) is 12.7. The van der Waals surface area contributed by atoms with E-state index in [9.17, 15) is 4.79 Å². The predicted octanol–water partition coefficient (Wildman–Crippen LogP) is 9.99. The molecule has 230 valence electrons. The molecule has 0 aliphatic carbocycles. The highest BCUT2D eigenvalue weighted by atomic mass is 16.6. The van der Waals surface area contributed by atoms with Gasteiger partial charge in [0.25, 0.3) is 5.89 Å². The van der Waals surface area contributed by atoms with Gasteiger partial charge in [-0.25, -0.2) is 4.79 Å². The summed E-state index contributed by atoms with van der Waals surface area (Å²) in [6.45, 7) is 7.25. The second kappa shape index (κ2) is 19.7. The summed E-state index contributed by atoms with van der Waals surface area (Å²) >= 11 is 0. The molecule has 1 atom stereocenters. The average Bonchev–Trinajstić information content (AvgIpc) is 3.47. The van der Waals surface area contributed by atoms with Crippen molar-refractivity contribution in [2.45, 2.75) is 123 Å². The maximum atomic E-state index is 12.6. The van der Waals surface area contributed by atoms with Crippen LogP contribution in [-0.2, 0) is 0 Å². The Morgan fingerprint density at radius 2 is 1.31 bits per heavy atom. The van der Waals surface area contributed by atoms with Crippen LogP contribution in [0.4, 0.5) is 0 Å². The number of rotatable bonds is 22. The van der Waals surface area contributed by atoms with Crippen molar-refractivity contribution in [1.82, 2.24) is 10.1 Å². The molecule has 0 bridgehead atoms. The molecule has 0 spiro atoms. The van der Waals surface area contributed by atoms with E-state index < -0.39 is 5.97 Å². The Morgan fingerprint density at radius 1 is 0.738 bits per heavy atom. The van der Waals surface area contributed by atoms with Gasteiger partial charge in [-0.1, -0.05) is 90.9 Å². The van der Waals surface area contributed by atoms with E-state index in [1.807, 2.05) is 24.3 Å². The summed E-state index contributed by atoms with van der Waals surface area (Å²) in [6.07, 6.45) is 19.0. The standard InChI is InChI=1S/C35H50N2O5/c1-4-6-8-10-11-12-13-14-15-17-27-39-31-23-19-29(20-24-31)33-36-35(37-42-33)41-34(38)30-21-25-32(26-22-30)40-28(3)18-16-9-7-5-2/h19-26,28H,4-18,27H2,1-3H3/t28-/m0/s1. The fourth-order valence-electron chi connectivity index (χ4n) is 4.80. The second-order valence-corrected chi connectivity index (χ2v) is 11.1. The minimum Gasteiger partial charge on any atom is -0.494 e. The molecule has 0 aliphatic rings. The molecule has 42 heavy (non-hydrogen) atoms. The highest BCUT2D eigenvalue weighted by molar-refractivity contribution is 5.90. The number of hydrogen-bond acceptors (Lipinski definition) is 7. The lowest BCUT2D eigenvalue weighted by atomic mass is 10.1. The maximum Gasteiger partial charge on any atom is 0.362 e. The first-order valence-corrected chi connectivity index (χ1v) is 16.1. The first-order chi connectivity index (χ1) is 20.6. The third-order valence-electron chi connectivity index (χ3n) is 7.35. The minimum atomic E-state index is -0.558. The highest BCUT2D eigenvalue weighted by Crippen LogP contribution is 2.24. The summed E-state index contributed by atoms with van der Waals surface area (Å²) < 4.78 is 22.5. The van der Waals surface area contributed by atoms with Gasteiger partial charge in [-0.2, -0.15) is 4.98 Å². The van der Waals surface area contributed by atoms with Crippen molar-refractivity contribution in [3.05, 3.63) is 54.1 Å². The van der Waals surface area contributed by atoms with Gasteiger partial charge in [-0.15, -0.1) is 0 Å². The van der Waals surface area contributed by atoms with E-state index in [4.69, 9.17) is 18.7 Å².